The standard InChI is InChI=1S/C25H33N3O5S/c1-17-7-5-8-18(2)28(17)24(29)16-33-23-13-11-20(12-14-23)25(30)26-19(3)21-9-6-10-22(15-21)27-34(4,31)32/h6,9-15,17-19,27H,5,7-8,16H2,1-4H3,(H,26,30). The number of carbonyl (C=O) groups is 2. The SMILES string of the molecule is CC(NC(=O)c1ccc(OCC(=O)N2C(C)CCCC2C)cc1)c1cccc(NS(C)(=O)=O)c1. The summed E-state index contributed by atoms with van der Waals surface area (Å²) in [5.41, 5.74) is 1.65. The smallest absolute Gasteiger partial charge is 0.260 e. The van der Waals surface area contributed by atoms with Crippen LogP contribution in [0.15, 0.2) is 48.5 Å². The lowest BCUT2D eigenvalue weighted by Crippen LogP contribution is -2.49. The van der Waals surface area contributed by atoms with Gasteiger partial charge in [-0.15, -0.1) is 0 Å². The van der Waals surface area contributed by atoms with Crippen molar-refractivity contribution in [3.05, 3.63) is 59.7 Å². The second-order valence-electron chi connectivity index (χ2n) is 8.94. The fraction of sp³-hybridized carbons (Fsp3) is 0.440. The van der Waals surface area contributed by atoms with Crippen molar-refractivity contribution in [2.45, 2.75) is 58.2 Å². The Hall–Kier alpha value is -3.07. The number of nitrogens with zero attached hydrogens (tertiary/aromatic N) is 1. The number of ether oxygens (including phenoxy) is 1. The van der Waals surface area contributed by atoms with Crippen molar-refractivity contribution < 1.29 is 22.7 Å². The Balaban J connectivity index is 1.55. The van der Waals surface area contributed by atoms with Crippen LogP contribution in [0.5, 0.6) is 5.75 Å². The first kappa shape index (κ1) is 25.6. The molecule has 1 aliphatic heterocycles. The monoisotopic (exact) mass is 487 g/mol. The largest absolute Gasteiger partial charge is 0.484 e. The minimum Gasteiger partial charge on any atom is -0.484 e. The van der Waals surface area contributed by atoms with Crippen molar-refractivity contribution in [3.8, 4) is 5.75 Å². The topological polar surface area (TPSA) is 105 Å². The molecule has 0 radical (unpaired) electrons. The molecule has 1 heterocycles. The number of hydrogen-bond donors (Lipinski definition) is 2. The van der Waals surface area contributed by atoms with Crippen LogP contribution in [0.1, 0.15) is 62.0 Å². The summed E-state index contributed by atoms with van der Waals surface area (Å²) in [6.45, 7) is 5.93. The number of nitrogens with one attached hydrogen (secondary N) is 2. The molecule has 3 atom stereocenters. The van der Waals surface area contributed by atoms with E-state index in [1.807, 2.05) is 17.9 Å². The molecule has 2 aromatic rings. The number of sulfonamides is 1. The van der Waals surface area contributed by atoms with Crippen molar-refractivity contribution in [1.29, 1.82) is 0 Å². The second-order valence-corrected chi connectivity index (χ2v) is 10.7. The zero-order chi connectivity index (χ0) is 24.9. The summed E-state index contributed by atoms with van der Waals surface area (Å²) in [5, 5.41) is 2.91. The van der Waals surface area contributed by atoms with E-state index in [4.69, 9.17) is 4.74 Å². The Morgan fingerprint density at radius 3 is 2.35 bits per heavy atom. The third kappa shape index (κ3) is 6.96. The quantitative estimate of drug-likeness (QED) is 0.591. The normalized spacial score (nSPS) is 19.2. The first-order valence-electron chi connectivity index (χ1n) is 11.5. The molecule has 0 spiro atoms. The van der Waals surface area contributed by atoms with Crippen molar-refractivity contribution >= 4 is 27.5 Å². The molecule has 2 N–H and O–H groups in total. The van der Waals surface area contributed by atoms with E-state index < -0.39 is 10.0 Å². The molecular weight excluding hydrogens is 454 g/mol. The summed E-state index contributed by atoms with van der Waals surface area (Å²) in [6.07, 6.45) is 4.24. The number of likely N-dealkylation sites (tertiary alicyclic amines) is 1. The molecule has 1 saturated heterocycles. The summed E-state index contributed by atoms with van der Waals surface area (Å²) in [4.78, 5) is 27.2. The van der Waals surface area contributed by atoms with E-state index in [1.54, 1.807) is 42.5 Å². The highest BCUT2D eigenvalue weighted by Gasteiger charge is 2.29. The van der Waals surface area contributed by atoms with Gasteiger partial charge in [0.1, 0.15) is 5.75 Å². The highest BCUT2D eigenvalue weighted by molar-refractivity contribution is 7.92. The van der Waals surface area contributed by atoms with E-state index in [1.165, 1.54) is 0 Å². The number of anilines is 1. The highest BCUT2D eigenvalue weighted by atomic mass is 32.2. The minimum atomic E-state index is -3.39. The van der Waals surface area contributed by atoms with E-state index in [0.29, 0.717) is 17.0 Å². The molecule has 2 aromatic carbocycles. The van der Waals surface area contributed by atoms with E-state index >= 15 is 0 Å². The minimum absolute atomic E-state index is 0.0251. The van der Waals surface area contributed by atoms with Crippen LogP contribution in [-0.4, -0.2) is 50.1 Å². The van der Waals surface area contributed by atoms with Gasteiger partial charge in [-0.3, -0.25) is 14.3 Å². The van der Waals surface area contributed by atoms with Crippen molar-refractivity contribution in [1.82, 2.24) is 10.2 Å². The number of piperidine rings is 1. The van der Waals surface area contributed by atoms with Gasteiger partial charge in [-0.1, -0.05) is 12.1 Å². The maximum atomic E-state index is 12.7. The van der Waals surface area contributed by atoms with Gasteiger partial charge in [0.2, 0.25) is 10.0 Å². The summed E-state index contributed by atoms with van der Waals surface area (Å²) < 4.78 is 31.0. The Bertz CT molecular complexity index is 1110. The number of carbonyl (C=O) groups excluding carboxylic acids is 2. The zero-order valence-corrected chi connectivity index (χ0v) is 20.9. The Labute approximate surface area is 201 Å². The molecule has 2 amide bonds. The molecule has 1 aliphatic rings. The maximum Gasteiger partial charge on any atom is 0.260 e. The van der Waals surface area contributed by atoms with Crippen LogP contribution < -0.4 is 14.8 Å². The summed E-state index contributed by atoms with van der Waals surface area (Å²) in [5.74, 6) is 0.227. The van der Waals surface area contributed by atoms with Crippen molar-refractivity contribution in [3.63, 3.8) is 0 Å². The second kappa shape index (κ2) is 10.9. The van der Waals surface area contributed by atoms with Gasteiger partial charge in [-0.2, -0.15) is 0 Å². The van der Waals surface area contributed by atoms with Gasteiger partial charge in [0.25, 0.3) is 11.8 Å². The van der Waals surface area contributed by atoms with Gasteiger partial charge in [-0.25, -0.2) is 8.42 Å². The summed E-state index contributed by atoms with van der Waals surface area (Å²) in [6, 6.07) is 13.6. The van der Waals surface area contributed by atoms with E-state index in [-0.39, 0.29) is 36.5 Å². The van der Waals surface area contributed by atoms with Crippen LogP contribution in [0.3, 0.4) is 0 Å². The van der Waals surface area contributed by atoms with Gasteiger partial charge >= 0.3 is 0 Å². The molecule has 3 unspecified atom stereocenters. The molecule has 3 rings (SSSR count). The zero-order valence-electron chi connectivity index (χ0n) is 20.1. The van der Waals surface area contributed by atoms with Crippen LogP contribution >= 0.6 is 0 Å². The Kier molecular flexibility index (Phi) is 8.19. The Morgan fingerprint density at radius 2 is 1.74 bits per heavy atom. The molecule has 34 heavy (non-hydrogen) atoms. The van der Waals surface area contributed by atoms with E-state index in [9.17, 15) is 18.0 Å². The number of benzene rings is 2. The molecule has 9 heteroatoms. The maximum absolute atomic E-state index is 12.7. The van der Waals surface area contributed by atoms with Gasteiger partial charge in [0.15, 0.2) is 6.61 Å². The summed E-state index contributed by atoms with van der Waals surface area (Å²) in [7, 11) is -3.39. The van der Waals surface area contributed by atoms with Crippen LogP contribution in [0.4, 0.5) is 5.69 Å². The third-order valence-electron chi connectivity index (χ3n) is 6.00. The number of rotatable bonds is 8. The van der Waals surface area contributed by atoms with Crippen LogP contribution in [0.25, 0.3) is 0 Å². The van der Waals surface area contributed by atoms with Gasteiger partial charge < -0.3 is 15.0 Å². The molecule has 184 valence electrons. The third-order valence-corrected chi connectivity index (χ3v) is 6.60. The van der Waals surface area contributed by atoms with Gasteiger partial charge in [0.05, 0.1) is 12.3 Å². The molecule has 1 fully saturated rings. The van der Waals surface area contributed by atoms with Crippen LogP contribution in [-0.2, 0) is 14.8 Å². The fourth-order valence-electron chi connectivity index (χ4n) is 4.28. The highest BCUT2D eigenvalue weighted by Crippen LogP contribution is 2.23. The number of hydrogen-bond acceptors (Lipinski definition) is 5. The van der Waals surface area contributed by atoms with Gasteiger partial charge in [0, 0.05) is 23.3 Å². The molecule has 0 saturated carbocycles. The molecule has 0 aromatic heterocycles. The number of amides is 2. The molecule has 8 nitrogen and oxygen atoms in total. The predicted octanol–water partition coefficient (Wildman–Crippen LogP) is 3.72. The molecule has 0 bridgehead atoms. The van der Waals surface area contributed by atoms with Crippen molar-refractivity contribution in [2.75, 3.05) is 17.6 Å². The Morgan fingerprint density at radius 1 is 1.09 bits per heavy atom. The lowest BCUT2D eigenvalue weighted by molar-refractivity contribution is -0.139. The lowest BCUT2D eigenvalue weighted by Gasteiger charge is -2.38. The lowest BCUT2D eigenvalue weighted by atomic mass is 9.97. The van der Waals surface area contributed by atoms with Crippen LogP contribution in [0, 0.1) is 0 Å². The van der Waals surface area contributed by atoms with Crippen molar-refractivity contribution in [2.24, 2.45) is 0 Å². The first-order chi connectivity index (χ1) is 16.0. The molecular formula is C25H33N3O5S. The van der Waals surface area contributed by atoms with Crippen LogP contribution in [0.2, 0.25) is 0 Å². The fourth-order valence-corrected chi connectivity index (χ4v) is 4.84. The average Bonchev–Trinajstić information content (AvgIpc) is 2.77. The predicted molar refractivity (Wildman–Crippen MR) is 132 cm³/mol. The van der Waals surface area contributed by atoms with Gasteiger partial charge in [-0.05, 0) is 82.0 Å². The van der Waals surface area contributed by atoms with E-state index in [2.05, 4.69) is 23.9 Å². The first-order valence-corrected chi connectivity index (χ1v) is 13.4. The van der Waals surface area contributed by atoms with E-state index in [0.717, 1.165) is 31.1 Å². The average molecular weight is 488 g/mol. The molecule has 0 aliphatic carbocycles. The summed E-state index contributed by atoms with van der Waals surface area (Å²) >= 11 is 0.